The molecule has 0 saturated carbocycles. The van der Waals surface area contributed by atoms with Crippen molar-refractivity contribution in [2.24, 2.45) is 0 Å². The third kappa shape index (κ3) is 4.99. The van der Waals surface area contributed by atoms with E-state index < -0.39 is 0 Å². The van der Waals surface area contributed by atoms with E-state index in [0.717, 1.165) is 22.0 Å². The maximum absolute atomic E-state index is 5.31. The van der Waals surface area contributed by atoms with Gasteiger partial charge in [-0.1, -0.05) is 120 Å². The van der Waals surface area contributed by atoms with Crippen LogP contribution in [0.15, 0.2) is 114 Å². The van der Waals surface area contributed by atoms with E-state index >= 15 is 0 Å². The molecule has 0 unspecified atom stereocenters. The van der Waals surface area contributed by atoms with Crippen molar-refractivity contribution in [1.82, 2.24) is 4.57 Å². The number of nitrogens with zero attached hydrogens (tertiary/aromatic N) is 2. The Bertz CT molecular complexity index is 2020. The van der Waals surface area contributed by atoms with E-state index in [0.29, 0.717) is 0 Å². The van der Waals surface area contributed by atoms with Crippen LogP contribution in [-0.4, -0.2) is 11.3 Å². The minimum atomic E-state index is 0.0802. The summed E-state index contributed by atoms with van der Waals surface area (Å²) in [6, 6.07) is 40.5. The maximum atomic E-state index is 5.31. The number of fused-ring (bicyclic) bond motifs is 2. The first-order chi connectivity index (χ1) is 21.8. The molecule has 4 heteroatoms. The second-order valence-corrected chi connectivity index (χ2v) is 15.4. The molecule has 7 rings (SSSR count). The Balaban J connectivity index is 1.50. The van der Waals surface area contributed by atoms with E-state index in [1.54, 1.807) is 0 Å². The molecule has 6 aromatic rings. The van der Waals surface area contributed by atoms with Crippen LogP contribution in [0.3, 0.4) is 0 Å². The third-order valence-corrected chi connectivity index (χ3v) is 10.3. The fraction of sp³-hybridized carbons (Fsp3) is 0.238. The minimum Gasteiger partial charge on any atom is -0.315 e. The summed E-state index contributed by atoms with van der Waals surface area (Å²) in [6.45, 7) is 18.2. The monoisotopic (exact) mass is 618 g/mol. The quantitative estimate of drug-likeness (QED) is 0.153. The second kappa shape index (κ2) is 11.0. The molecule has 0 radical (unpaired) electrons. The lowest BCUT2D eigenvalue weighted by Crippen LogP contribution is -2.56. The van der Waals surface area contributed by atoms with Crippen molar-refractivity contribution in [2.45, 2.75) is 71.1 Å². The van der Waals surface area contributed by atoms with E-state index in [-0.39, 0.29) is 17.5 Å². The van der Waals surface area contributed by atoms with Crippen molar-refractivity contribution in [3.63, 3.8) is 0 Å². The van der Waals surface area contributed by atoms with Gasteiger partial charge in [-0.05, 0) is 88.7 Å². The Morgan fingerprint density at radius 1 is 0.630 bits per heavy atom. The predicted molar refractivity (Wildman–Crippen MR) is 203 cm³/mol. The van der Waals surface area contributed by atoms with Gasteiger partial charge in [0.05, 0.1) is 0 Å². The van der Waals surface area contributed by atoms with Crippen molar-refractivity contribution in [3.8, 4) is 5.69 Å². The SMILES string of the molecule is Cc1c(C)n2c3c(cccc13)B(c1ccccc1)c1c(S)cc(N(c3ccc(C(C)(C)C)cc3)c3ccc(C(C)(C)C)cc3)cc1-2. The Kier molecular flexibility index (Phi) is 7.29. The fourth-order valence-electron chi connectivity index (χ4n) is 7.21. The summed E-state index contributed by atoms with van der Waals surface area (Å²) in [4.78, 5) is 3.39. The van der Waals surface area contributed by atoms with Crippen LogP contribution < -0.4 is 21.3 Å². The van der Waals surface area contributed by atoms with E-state index in [2.05, 4.69) is 174 Å². The topological polar surface area (TPSA) is 8.17 Å². The molecule has 2 nitrogen and oxygen atoms in total. The van der Waals surface area contributed by atoms with Gasteiger partial charge in [0.2, 0.25) is 6.71 Å². The van der Waals surface area contributed by atoms with Gasteiger partial charge in [-0.2, -0.15) is 0 Å². The summed E-state index contributed by atoms with van der Waals surface area (Å²) in [6.07, 6.45) is 0. The third-order valence-electron chi connectivity index (χ3n) is 9.91. The van der Waals surface area contributed by atoms with Gasteiger partial charge in [0, 0.05) is 44.2 Å². The molecule has 0 fully saturated rings. The number of hydrogen-bond acceptors (Lipinski definition) is 2. The molecule has 2 heterocycles. The molecule has 5 aromatic carbocycles. The first-order valence-electron chi connectivity index (χ1n) is 16.4. The molecule has 1 aromatic heterocycles. The largest absolute Gasteiger partial charge is 0.315 e. The lowest BCUT2D eigenvalue weighted by Gasteiger charge is -2.32. The standard InChI is InChI=1S/C42H43BN2S/c1-27-28(2)44-37-25-34(26-38(46)39(37)43(31-13-10-9-11-14-31)36-16-12-15-35(27)40(36)44)45(32-21-17-29(18-22-32)41(3,4)5)33-23-19-30(20-24-33)42(6,7)8/h9-26,46H,1-8H3. The first kappa shape index (κ1) is 30.5. The van der Waals surface area contributed by atoms with E-state index in [1.807, 2.05) is 0 Å². The highest BCUT2D eigenvalue weighted by Gasteiger charge is 2.36. The van der Waals surface area contributed by atoms with Crippen molar-refractivity contribution >= 4 is 63.7 Å². The molecule has 1 aliphatic heterocycles. The summed E-state index contributed by atoms with van der Waals surface area (Å²) < 4.78 is 2.49. The molecule has 0 bridgehead atoms. The van der Waals surface area contributed by atoms with Gasteiger partial charge in [-0.25, -0.2) is 0 Å². The summed E-state index contributed by atoms with van der Waals surface area (Å²) in [5.41, 5.74) is 15.1. The average molecular weight is 619 g/mol. The second-order valence-electron chi connectivity index (χ2n) is 15.0. The predicted octanol–water partition coefficient (Wildman–Crippen LogP) is 9.43. The van der Waals surface area contributed by atoms with Crippen LogP contribution in [-0.2, 0) is 10.8 Å². The number of aromatic nitrogens is 1. The van der Waals surface area contributed by atoms with Crippen molar-refractivity contribution in [2.75, 3.05) is 4.90 Å². The van der Waals surface area contributed by atoms with Crippen LogP contribution in [0.5, 0.6) is 0 Å². The number of aryl methyl sites for hydroxylation is 1. The lowest BCUT2D eigenvalue weighted by atomic mass is 9.35. The zero-order valence-electron chi connectivity index (χ0n) is 28.3. The average Bonchev–Trinajstić information content (AvgIpc) is 3.28. The van der Waals surface area contributed by atoms with Crippen LogP contribution >= 0.6 is 12.6 Å². The highest BCUT2D eigenvalue weighted by molar-refractivity contribution is 7.80. The van der Waals surface area contributed by atoms with Crippen LogP contribution in [0.25, 0.3) is 16.6 Å². The fourth-order valence-corrected chi connectivity index (χ4v) is 7.59. The van der Waals surface area contributed by atoms with E-state index in [1.165, 1.54) is 55.4 Å². The summed E-state index contributed by atoms with van der Waals surface area (Å²) in [5, 5.41) is 1.32. The van der Waals surface area contributed by atoms with Crippen molar-refractivity contribution < 1.29 is 0 Å². The number of rotatable bonds is 4. The van der Waals surface area contributed by atoms with E-state index in [4.69, 9.17) is 12.6 Å². The molecular weight excluding hydrogens is 575 g/mol. The number of benzene rings is 5. The van der Waals surface area contributed by atoms with Gasteiger partial charge < -0.3 is 9.47 Å². The normalized spacial score (nSPS) is 12.8. The maximum Gasteiger partial charge on any atom is 0.248 e. The molecule has 0 saturated heterocycles. The Morgan fingerprint density at radius 3 is 1.74 bits per heavy atom. The molecule has 1 aliphatic rings. The zero-order chi connectivity index (χ0) is 32.5. The molecule has 0 N–H and O–H groups in total. The van der Waals surface area contributed by atoms with Crippen LogP contribution in [0.2, 0.25) is 0 Å². The molecule has 46 heavy (non-hydrogen) atoms. The van der Waals surface area contributed by atoms with Gasteiger partial charge in [0.25, 0.3) is 0 Å². The molecule has 230 valence electrons. The van der Waals surface area contributed by atoms with Gasteiger partial charge in [-0.3, -0.25) is 0 Å². The Labute approximate surface area is 280 Å². The number of para-hydroxylation sites is 1. The van der Waals surface area contributed by atoms with Gasteiger partial charge >= 0.3 is 0 Å². The minimum absolute atomic E-state index is 0.0802. The molecule has 0 atom stereocenters. The zero-order valence-corrected chi connectivity index (χ0v) is 29.2. The molecule has 0 spiro atoms. The van der Waals surface area contributed by atoms with Crippen LogP contribution in [0.4, 0.5) is 17.1 Å². The highest BCUT2D eigenvalue weighted by atomic mass is 32.1. The van der Waals surface area contributed by atoms with Crippen molar-refractivity contribution in [1.29, 1.82) is 0 Å². The van der Waals surface area contributed by atoms with Crippen LogP contribution in [0.1, 0.15) is 63.9 Å². The van der Waals surface area contributed by atoms with Gasteiger partial charge in [-0.15, -0.1) is 12.6 Å². The molecular formula is C42H43BN2S. The Morgan fingerprint density at radius 2 is 1.20 bits per heavy atom. The highest BCUT2D eigenvalue weighted by Crippen LogP contribution is 2.40. The number of thiol groups is 1. The summed E-state index contributed by atoms with van der Waals surface area (Å²) in [5.74, 6) is 0. The summed E-state index contributed by atoms with van der Waals surface area (Å²) >= 11 is 5.31. The van der Waals surface area contributed by atoms with Crippen molar-refractivity contribution in [3.05, 3.63) is 132 Å². The van der Waals surface area contributed by atoms with Gasteiger partial charge in [0.1, 0.15) is 0 Å². The first-order valence-corrected chi connectivity index (χ1v) is 16.8. The Hall–Kier alpha value is -4.15. The lowest BCUT2D eigenvalue weighted by molar-refractivity contribution is 0.590. The molecule has 0 aliphatic carbocycles. The van der Waals surface area contributed by atoms with Crippen LogP contribution in [0, 0.1) is 13.8 Å². The molecule has 0 amide bonds. The smallest absolute Gasteiger partial charge is 0.248 e. The summed E-state index contributed by atoms with van der Waals surface area (Å²) in [7, 11) is 0. The van der Waals surface area contributed by atoms with E-state index in [9.17, 15) is 0 Å². The number of anilines is 3. The number of hydrogen-bond donors (Lipinski definition) is 1. The van der Waals surface area contributed by atoms with Gasteiger partial charge in [0.15, 0.2) is 0 Å².